The van der Waals surface area contributed by atoms with Crippen molar-refractivity contribution in [3.8, 4) is 5.75 Å². The number of hydrogen-bond acceptors (Lipinski definition) is 2. The lowest BCUT2D eigenvalue weighted by Crippen LogP contribution is -2.83. The van der Waals surface area contributed by atoms with E-state index in [0.717, 1.165) is 24.3 Å². The summed E-state index contributed by atoms with van der Waals surface area (Å²) >= 11 is 0. The number of hydrogen-bond donors (Lipinski definition) is 1. The maximum absolute atomic E-state index is 14.7. The molecule has 0 radical (unpaired) electrons. The van der Waals surface area contributed by atoms with Gasteiger partial charge in [-0.05, 0) is 31.5 Å². The first-order chi connectivity index (χ1) is 13.3. The van der Waals surface area contributed by atoms with Gasteiger partial charge in [0.25, 0.3) is 5.67 Å². The summed E-state index contributed by atoms with van der Waals surface area (Å²) in [5, 5.41) is 9.82. The lowest BCUT2D eigenvalue weighted by atomic mass is 9.69. The molecule has 1 aromatic carbocycles. The first-order valence-electron chi connectivity index (χ1n) is 8.30. The molecule has 1 aliphatic rings. The third-order valence-corrected chi connectivity index (χ3v) is 4.68. The van der Waals surface area contributed by atoms with Gasteiger partial charge in [0.15, 0.2) is 0 Å². The van der Waals surface area contributed by atoms with E-state index in [0.29, 0.717) is 0 Å². The van der Waals surface area contributed by atoms with Crippen LogP contribution < -0.4 is 4.74 Å². The van der Waals surface area contributed by atoms with Crippen LogP contribution in [0.4, 0.5) is 48.3 Å². The van der Waals surface area contributed by atoms with Gasteiger partial charge in [0.05, 0.1) is 12.2 Å². The van der Waals surface area contributed by atoms with Crippen molar-refractivity contribution in [2.24, 2.45) is 0 Å². The van der Waals surface area contributed by atoms with Gasteiger partial charge in [-0.25, -0.2) is 4.39 Å². The molecule has 2 rings (SSSR count). The Morgan fingerprint density at radius 1 is 0.700 bits per heavy atom. The Morgan fingerprint density at radius 2 is 1.07 bits per heavy atom. The predicted molar refractivity (Wildman–Crippen MR) is 80.4 cm³/mol. The molecule has 2 nitrogen and oxygen atoms in total. The SMILES string of the molecule is CC(C)Oc1ccc(C(O)CC2(F)C(F)(F)C(F)(F)C(F)(F)C(F)(F)C2(F)F)cc1. The molecule has 1 unspecified atom stereocenters. The zero-order valence-corrected chi connectivity index (χ0v) is 15.2. The molecule has 0 amide bonds. The van der Waals surface area contributed by atoms with Gasteiger partial charge in [-0.15, -0.1) is 0 Å². The van der Waals surface area contributed by atoms with Gasteiger partial charge in [-0.1, -0.05) is 12.1 Å². The van der Waals surface area contributed by atoms with Gasteiger partial charge in [0, 0.05) is 6.42 Å². The van der Waals surface area contributed by atoms with Crippen LogP contribution in [-0.4, -0.2) is 46.5 Å². The molecule has 0 aromatic heterocycles. The molecule has 1 fully saturated rings. The predicted octanol–water partition coefficient (Wildman–Crippen LogP) is 5.80. The summed E-state index contributed by atoms with van der Waals surface area (Å²) in [6.45, 7) is 3.22. The van der Waals surface area contributed by atoms with E-state index in [9.17, 15) is 53.4 Å². The van der Waals surface area contributed by atoms with Gasteiger partial charge >= 0.3 is 29.6 Å². The zero-order valence-electron chi connectivity index (χ0n) is 15.2. The number of rotatable bonds is 5. The quantitative estimate of drug-likeness (QED) is 0.564. The molecule has 13 heteroatoms. The van der Waals surface area contributed by atoms with Crippen LogP contribution in [0.3, 0.4) is 0 Å². The summed E-state index contributed by atoms with van der Waals surface area (Å²) < 4.78 is 156. The highest BCUT2D eigenvalue weighted by atomic mass is 19.4. The standard InChI is InChI=1S/C17H15F11O2/c1-8(2)30-10-5-3-9(4-6-10)11(29)7-12(18)13(19,20)15(23,24)17(27,28)16(25,26)14(12,21)22/h3-6,8,11,29H,7H2,1-2H3. The van der Waals surface area contributed by atoms with Crippen molar-refractivity contribution in [1.82, 2.24) is 0 Å². The highest BCUT2D eigenvalue weighted by Gasteiger charge is 3.00. The van der Waals surface area contributed by atoms with E-state index in [1.807, 2.05) is 0 Å². The van der Waals surface area contributed by atoms with E-state index in [-0.39, 0.29) is 11.9 Å². The van der Waals surface area contributed by atoms with Crippen LogP contribution in [-0.2, 0) is 0 Å². The van der Waals surface area contributed by atoms with Crippen molar-refractivity contribution in [1.29, 1.82) is 0 Å². The van der Waals surface area contributed by atoms with Crippen LogP contribution in [0.1, 0.15) is 31.9 Å². The molecule has 30 heavy (non-hydrogen) atoms. The van der Waals surface area contributed by atoms with Gasteiger partial charge in [-0.3, -0.25) is 0 Å². The molecule has 1 atom stereocenters. The summed E-state index contributed by atoms with van der Waals surface area (Å²) in [7, 11) is 0. The molecule has 1 N–H and O–H groups in total. The number of ether oxygens (including phenoxy) is 1. The Kier molecular flexibility index (Phi) is 5.60. The highest BCUT2D eigenvalue weighted by Crippen LogP contribution is 2.70. The first kappa shape index (κ1) is 24.5. The van der Waals surface area contributed by atoms with Gasteiger partial charge in [0.1, 0.15) is 5.75 Å². The van der Waals surface area contributed by atoms with Gasteiger partial charge in [-0.2, -0.15) is 43.9 Å². The number of benzene rings is 1. The summed E-state index contributed by atoms with van der Waals surface area (Å²) in [5.41, 5.74) is -6.83. The van der Waals surface area contributed by atoms with E-state index >= 15 is 0 Å². The summed E-state index contributed by atoms with van der Waals surface area (Å²) in [4.78, 5) is 0. The minimum Gasteiger partial charge on any atom is -0.491 e. The molecule has 0 heterocycles. The minimum atomic E-state index is -7.27. The maximum atomic E-state index is 14.7. The van der Waals surface area contributed by atoms with Crippen LogP contribution in [0.2, 0.25) is 0 Å². The van der Waals surface area contributed by atoms with Crippen LogP contribution in [0.25, 0.3) is 0 Å². The summed E-state index contributed by atoms with van der Waals surface area (Å²) in [6, 6.07) is 3.82. The number of aliphatic hydroxyl groups excluding tert-OH is 1. The molecule has 1 saturated carbocycles. The molecule has 0 saturated heterocycles. The number of halogens is 11. The second-order valence-corrected chi connectivity index (χ2v) is 7.13. The largest absolute Gasteiger partial charge is 0.491 e. The molecular weight excluding hydrogens is 445 g/mol. The maximum Gasteiger partial charge on any atom is 0.384 e. The number of alkyl halides is 11. The molecule has 172 valence electrons. The average Bonchev–Trinajstić information content (AvgIpc) is 2.59. The molecule has 1 aliphatic carbocycles. The molecule has 1 aromatic rings. The Hall–Kier alpha value is -1.79. The fourth-order valence-electron chi connectivity index (χ4n) is 2.97. The van der Waals surface area contributed by atoms with Crippen LogP contribution in [0.15, 0.2) is 24.3 Å². The lowest BCUT2D eigenvalue weighted by Gasteiger charge is -2.52. The first-order valence-corrected chi connectivity index (χ1v) is 8.30. The van der Waals surface area contributed by atoms with E-state index in [1.165, 1.54) is 0 Å². The van der Waals surface area contributed by atoms with Crippen LogP contribution in [0, 0.1) is 0 Å². The van der Waals surface area contributed by atoms with Crippen molar-refractivity contribution in [2.45, 2.75) is 67.8 Å². The van der Waals surface area contributed by atoms with Gasteiger partial charge in [0.2, 0.25) is 0 Å². The minimum absolute atomic E-state index is 0.127. The number of aliphatic hydroxyl groups is 1. The Bertz CT molecular complexity index is 744. The fourth-order valence-corrected chi connectivity index (χ4v) is 2.97. The van der Waals surface area contributed by atoms with E-state index in [2.05, 4.69) is 0 Å². The topological polar surface area (TPSA) is 29.5 Å². The van der Waals surface area contributed by atoms with E-state index in [1.54, 1.807) is 13.8 Å². The lowest BCUT2D eigenvalue weighted by molar-refractivity contribution is -0.487. The Labute approximate surface area is 162 Å². The second-order valence-electron chi connectivity index (χ2n) is 7.13. The third-order valence-electron chi connectivity index (χ3n) is 4.68. The van der Waals surface area contributed by atoms with Crippen molar-refractivity contribution >= 4 is 0 Å². The van der Waals surface area contributed by atoms with Gasteiger partial charge < -0.3 is 9.84 Å². The Balaban J connectivity index is 2.50. The molecule has 0 aliphatic heterocycles. The highest BCUT2D eigenvalue weighted by molar-refractivity contribution is 5.31. The van der Waals surface area contributed by atoms with E-state index < -0.39 is 53.4 Å². The smallest absolute Gasteiger partial charge is 0.384 e. The third kappa shape index (κ3) is 2.94. The second kappa shape index (κ2) is 6.86. The summed E-state index contributed by atoms with van der Waals surface area (Å²) in [5.74, 6) is -35.4. The average molecular weight is 460 g/mol. The summed E-state index contributed by atoms with van der Waals surface area (Å²) in [6.07, 6.45) is -5.82. The zero-order chi connectivity index (χ0) is 23.6. The van der Waals surface area contributed by atoms with Crippen molar-refractivity contribution in [2.75, 3.05) is 0 Å². The van der Waals surface area contributed by atoms with Crippen molar-refractivity contribution in [3.05, 3.63) is 29.8 Å². The van der Waals surface area contributed by atoms with Crippen molar-refractivity contribution < 1.29 is 58.1 Å². The van der Waals surface area contributed by atoms with Crippen LogP contribution >= 0.6 is 0 Å². The molecule has 0 bridgehead atoms. The Morgan fingerprint density at radius 3 is 1.43 bits per heavy atom. The normalized spacial score (nSPS) is 26.2. The van der Waals surface area contributed by atoms with Crippen LogP contribution in [0.5, 0.6) is 5.75 Å². The van der Waals surface area contributed by atoms with E-state index in [4.69, 9.17) is 4.74 Å². The fraction of sp³-hybridized carbons (Fsp3) is 0.647. The monoisotopic (exact) mass is 460 g/mol. The van der Waals surface area contributed by atoms with Crippen molar-refractivity contribution in [3.63, 3.8) is 0 Å². The molecule has 0 spiro atoms. The molecular formula is C17H15F11O2.